The third-order valence-corrected chi connectivity index (χ3v) is 3.36. The van der Waals surface area contributed by atoms with Crippen LogP contribution in [0.3, 0.4) is 0 Å². The first kappa shape index (κ1) is 17.4. The number of halogens is 2. The van der Waals surface area contributed by atoms with Crippen molar-refractivity contribution in [2.24, 2.45) is 0 Å². The normalized spacial score (nSPS) is 11.5. The molecule has 0 heterocycles. The highest BCUT2D eigenvalue weighted by molar-refractivity contribution is 5.94. The summed E-state index contributed by atoms with van der Waals surface area (Å²) >= 11 is 0. The molecule has 2 amide bonds. The van der Waals surface area contributed by atoms with Crippen molar-refractivity contribution < 1.29 is 23.1 Å². The third-order valence-electron chi connectivity index (χ3n) is 3.36. The number of carbonyl (C=O) groups excluding carboxylic acids is 2. The van der Waals surface area contributed by atoms with Crippen LogP contribution in [-0.2, 0) is 4.74 Å². The number of hydrogen-bond donors (Lipinski definition) is 2. The Hall–Kier alpha value is -2.96. The molecule has 2 N–H and O–H groups in total. The summed E-state index contributed by atoms with van der Waals surface area (Å²) in [4.78, 5) is 23.4. The Kier molecular flexibility index (Phi) is 5.47. The second-order valence-electron chi connectivity index (χ2n) is 5.03. The fourth-order valence-corrected chi connectivity index (χ4v) is 2.09. The summed E-state index contributed by atoms with van der Waals surface area (Å²) < 4.78 is 31.8. The van der Waals surface area contributed by atoms with E-state index in [0.717, 1.165) is 18.7 Å². The van der Waals surface area contributed by atoms with Crippen molar-refractivity contribution in [1.82, 2.24) is 5.32 Å². The summed E-state index contributed by atoms with van der Waals surface area (Å²) in [6.45, 7) is 1.76. The van der Waals surface area contributed by atoms with Crippen LogP contribution in [0.15, 0.2) is 42.5 Å². The van der Waals surface area contributed by atoms with Gasteiger partial charge in [-0.05, 0) is 18.6 Å². The molecule has 0 unspecified atom stereocenters. The molecule has 0 saturated heterocycles. The van der Waals surface area contributed by atoms with Gasteiger partial charge in [0.15, 0.2) is 0 Å². The first-order valence-electron chi connectivity index (χ1n) is 7.12. The Morgan fingerprint density at radius 2 is 1.75 bits per heavy atom. The van der Waals surface area contributed by atoms with Gasteiger partial charge in [-0.3, -0.25) is 0 Å². The number of benzene rings is 2. The minimum absolute atomic E-state index is 0.324. The number of ether oxygens (including phenoxy) is 1. The Bertz CT molecular complexity index is 751. The van der Waals surface area contributed by atoms with Crippen molar-refractivity contribution in [2.75, 3.05) is 12.4 Å². The van der Waals surface area contributed by atoms with Gasteiger partial charge >= 0.3 is 12.0 Å². The lowest BCUT2D eigenvalue weighted by Crippen LogP contribution is -2.31. The Balaban J connectivity index is 2.12. The van der Waals surface area contributed by atoms with Gasteiger partial charge in [-0.15, -0.1) is 0 Å². The molecule has 0 bridgehead atoms. The van der Waals surface area contributed by atoms with E-state index in [2.05, 4.69) is 15.4 Å². The van der Waals surface area contributed by atoms with E-state index in [-0.39, 0.29) is 11.7 Å². The van der Waals surface area contributed by atoms with Crippen molar-refractivity contribution in [1.29, 1.82) is 0 Å². The minimum atomic E-state index is -1.07. The van der Waals surface area contributed by atoms with Crippen molar-refractivity contribution in [3.8, 4) is 0 Å². The number of methoxy groups -OCH3 is 1. The molecule has 0 aliphatic rings. The Morgan fingerprint density at radius 1 is 1.08 bits per heavy atom. The molecule has 24 heavy (non-hydrogen) atoms. The maximum Gasteiger partial charge on any atom is 0.340 e. The third kappa shape index (κ3) is 4.07. The standard InChI is InChI=1S/C17H16F2N2O3/c1-10(11-6-4-3-5-7-11)20-17(23)21-15-8-12(16(22)24-2)13(18)9-14(15)19/h3-10H,1-2H3,(H2,20,21,23)/t10-/m1/s1. The molecule has 7 heteroatoms. The largest absolute Gasteiger partial charge is 0.465 e. The lowest BCUT2D eigenvalue weighted by atomic mass is 10.1. The van der Waals surface area contributed by atoms with Gasteiger partial charge in [0.05, 0.1) is 24.4 Å². The molecule has 0 radical (unpaired) electrons. The Labute approximate surface area is 137 Å². The molecule has 2 rings (SSSR count). The lowest BCUT2D eigenvalue weighted by molar-refractivity contribution is 0.0595. The topological polar surface area (TPSA) is 67.4 Å². The number of nitrogens with one attached hydrogen (secondary N) is 2. The van der Waals surface area contributed by atoms with Crippen LogP contribution in [-0.4, -0.2) is 19.1 Å². The van der Waals surface area contributed by atoms with Crippen molar-refractivity contribution in [3.63, 3.8) is 0 Å². The lowest BCUT2D eigenvalue weighted by Gasteiger charge is -2.15. The van der Waals surface area contributed by atoms with Crippen LogP contribution in [0.2, 0.25) is 0 Å². The molecular weight excluding hydrogens is 318 g/mol. The number of amides is 2. The molecule has 0 spiro atoms. The summed E-state index contributed by atoms with van der Waals surface area (Å²) in [5.74, 6) is -3.03. The van der Waals surface area contributed by atoms with Gasteiger partial charge in [0.2, 0.25) is 0 Å². The van der Waals surface area contributed by atoms with Crippen LogP contribution < -0.4 is 10.6 Å². The van der Waals surface area contributed by atoms with E-state index >= 15 is 0 Å². The number of rotatable bonds is 4. The molecule has 0 aromatic heterocycles. The monoisotopic (exact) mass is 334 g/mol. The van der Waals surface area contributed by atoms with Gasteiger partial charge in [0.25, 0.3) is 0 Å². The number of esters is 1. The highest BCUT2D eigenvalue weighted by Crippen LogP contribution is 2.20. The zero-order chi connectivity index (χ0) is 17.7. The number of urea groups is 1. The summed E-state index contributed by atoms with van der Waals surface area (Å²) in [7, 11) is 1.08. The van der Waals surface area contributed by atoms with E-state index in [4.69, 9.17) is 0 Å². The van der Waals surface area contributed by atoms with E-state index in [9.17, 15) is 18.4 Å². The van der Waals surface area contributed by atoms with E-state index < -0.39 is 29.2 Å². The fraction of sp³-hybridized carbons (Fsp3) is 0.176. The zero-order valence-electron chi connectivity index (χ0n) is 13.1. The predicted molar refractivity (Wildman–Crippen MR) is 84.7 cm³/mol. The van der Waals surface area contributed by atoms with Gasteiger partial charge in [-0.25, -0.2) is 18.4 Å². The van der Waals surface area contributed by atoms with Crippen molar-refractivity contribution in [2.45, 2.75) is 13.0 Å². The molecule has 5 nitrogen and oxygen atoms in total. The molecule has 1 atom stereocenters. The summed E-state index contributed by atoms with van der Waals surface area (Å²) in [6.07, 6.45) is 0. The maximum atomic E-state index is 13.8. The van der Waals surface area contributed by atoms with E-state index in [1.165, 1.54) is 0 Å². The van der Waals surface area contributed by atoms with Crippen LogP contribution in [0, 0.1) is 11.6 Å². The number of hydrogen-bond acceptors (Lipinski definition) is 3. The average molecular weight is 334 g/mol. The predicted octanol–water partition coefficient (Wildman–Crippen LogP) is 3.63. The number of carbonyl (C=O) groups is 2. The second kappa shape index (κ2) is 7.54. The highest BCUT2D eigenvalue weighted by atomic mass is 19.1. The SMILES string of the molecule is COC(=O)c1cc(NC(=O)N[C@H](C)c2ccccc2)c(F)cc1F. The smallest absolute Gasteiger partial charge is 0.340 e. The molecular formula is C17H16F2N2O3. The van der Waals surface area contributed by atoms with Gasteiger partial charge in [-0.1, -0.05) is 30.3 Å². The van der Waals surface area contributed by atoms with Gasteiger partial charge < -0.3 is 15.4 Å². The zero-order valence-corrected chi connectivity index (χ0v) is 13.1. The van der Waals surface area contributed by atoms with Crippen LogP contribution in [0.5, 0.6) is 0 Å². The second-order valence-corrected chi connectivity index (χ2v) is 5.03. The quantitative estimate of drug-likeness (QED) is 0.839. The molecule has 2 aromatic carbocycles. The van der Waals surface area contributed by atoms with Gasteiger partial charge in [-0.2, -0.15) is 0 Å². The van der Waals surface area contributed by atoms with Crippen molar-refractivity contribution in [3.05, 3.63) is 65.2 Å². The first-order valence-corrected chi connectivity index (χ1v) is 7.12. The van der Waals surface area contributed by atoms with Gasteiger partial charge in [0, 0.05) is 6.07 Å². The van der Waals surface area contributed by atoms with Crippen molar-refractivity contribution >= 4 is 17.7 Å². The molecule has 0 aliphatic heterocycles. The van der Waals surface area contributed by atoms with Crippen LogP contribution in [0.25, 0.3) is 0 Å². The van der Waals surface area contributed by atoms with Crippen LogP contribution in [0.1, 0.15) is 28.9 Å². The highest BCUT2D eigenvalue weighted by Gasteiger charge is 2.18. The molecule has 0 aliphatic carbocycles. The average Bonchev–Trinajstić information content (AvgIpc) is 2.57. The van der Waals surface area contributed by atoms with E-state index in [1.807, 2.05) is 30.3 Å². The summed E-state index contributed by atoms with van der Waals surface area (Å²) in [5, 5.41) is 4.88. The first-order chi connectivity index (χ1) is 11.4. The van der Waals surface area contributed by atoms with Gasteiger partial charge in [0.1, 0.15) is 11.6 Å². The fourth-order valence-electron chi connectivity index (χ4n) is 2.09. The summed E-state index contributed by atoms with van der Waals surface area (Å²) in [5.41, 5.74) is 0.0716. The maximum absolute atomic E-state index is 13.8. The van der Waals surface area contributed by atoms with E-state index in [1.54, 1.807) is 6.92 Å². The Morgan fingerprint density at radius 3 is 2.38 bits per heavy atom. The number of anilines is 1. The van der Waals surface area contributed by atoms with Crippen LogP contribution in [0.4, 0.5) is 19.3 Å². The molecule has 0 fully saturated rings. The van der Waals surface area contributed by atoms with Crippen LogP contribution >= 0.6 is 0 Å². The summed E-state index contributed by atoms with van der Waals surface area (Å²) in [6, 6.07) is 9.56. The molecule has 0 saturated carbocycles. The molecule has 2 aromatic rings. The van der Waals surface area contributed by atoms with E-state index in [0.29, 0.717) is 6.07 Å². The molecule has 126 valence electrons. The minimum Gasteiger partial charge on any atom is -0.465 e.